The third kappa shape index (κ3) is 4.11. The maximum atomic E-state index is 12.1. The number of hydrogen-bond donors (Lipinski definition) is 1. The number of rotatable bonds is 6. The monoisotopic (exact) mass is 349 g/mol. The van der Waals surface area contributed by atoms with Gasteiger partial charge in [0, 0.05) is 5.56 Å². The normalized spacial score (nSPS) is 11.8. The predicted octanol–water partition coefficient (Wildman–Crippen LogP) is 2.20. The van der Waals surface area contributed by atoms with Gasteiger partial charge in [0.1, 0.15) is 10.6 Å². The minimum Gasteiger partial charge on any atom is -0.497 e. The highest BCUT2D eigenvalue weighted by Gasteiger charge is 2.19. The van der Waals surface area contributed by atoms with Crippen molar-refractivity contribution in [3.05, 3.63) is 59.7 Å². The maximum absolute atomic E-state index is 12.1. The van der Waals surface area contributed by atoms with Gasteiger partial charge in [-0.05, 0) is 43.3 Å². The van der Waals surface area contributed by atoms with Gasteiger partial charge in [0.05, 0.1) is 7.11 Å². The molecule has 0 unspecified atom stereocenters. The Morgan fingerprint density at radius 3 is 2.12 bits per heavy atom. The first kappa shape index (κ1) is 17.5. The van der Waals surface area contributed by atoms with Crippen molar-refractivity contribution in [2.24, 2.45) is 5.16 Å². The summed E-state index contributed by atoms with van der Waals surface area (Å²) in [6.07, 6.45) is 0. The second-order valence-corrected chi connectivity index (χ2v) is 6.34. The lowest BCUT2D eigenvalue weighted by Gasteiger charge is -2.05. The third-order valence-electron chi connectivity index (χ3n) is 3.10. The number of aliphatic carboxylic acids is 1. The summed E-state index contributed by atoms with van der Waals surface area (Å²) < 4.78 is 33.6. The van der Waals surface area contributed by atoms with E-state index in [1.165, 1.54) is 43.5 Å². The van der Waals surface area contributed by atoms with Crippen molar-refractivity contribution in [2.75, 3.05) is 7.11 Å². The summed E-state index contributed by atoms with van der Waals surface area (Å²) in [6.45, 7) is 1.81. The summed E-state index contributed by atoms with van der Waals surface area (Å²) in [4.78, 5) is 11.2. The lowest BCUT2D eigenvalue weighted by Crippen LogP contribution is -2.16. The number of aryl methyl sites for hydroxylation is 1. The Bertz CT molecular complexity index is 854. The lowest BCUT2D eigenvalue weighted by atomic mass is 10.1. The summed E-state index contributed by atoms with van der Waals surface area (Å²) in [5.41, 5.74) is 0.526. The highest BCUT2D eigenvalue weighted by Crippen LogP contribution is 2.16. The molecule has 2 rings (SSSR count). The average molecular weight is 349 g/mol. The summed E-state index contributed by atoms with van der Waals surface area (Å²) in [7, 11) is -2.73. The highest BCUT2D eigenvalue weighted by molar-refractivity contribution is 7.86. The SMILES string of the molecule is COc1ccc(/C(=N\OS(=O)(=O)c2ccc(C)cc2)C(=O)O)cc1. The summed E-state index contributed by atoms with van der Waals surface area (Å²) in [6, 6.07) is 11.8. The number of nitrogens with zero attached hydrogens (tertiary/aromatic N) is 1. The molecule has 0 atom stereocenters. The van der Waals surface area contributed by atoms with Gasteiger partial charge < -0.3 is 9.84 Å². The first-order chi connectivity index (χ1) is 11.3. The van der Waals surface area contributed by atoms with E-state index in [0.717, 1.165) is 5.56 Å². The van der Waals surface area contributed by atoms with Gasteiger partial charge in [0.2, 0.25) is 0 Å². The summed E-state index contributed by atoms with van der Waals surface area (Å²) in [5, 5.41) is 12.5. The van der Waals surface area contributed by atoms with E-state index < -0.39 is 21.8 Å². The molecule has 0 saturated carbocycles. The zero-order valence-electron chi connectivity index (χ0n) is 13.0. The zero-order chi connectivity index (χ0) is 17.7. The van der Waals surface area contributed by atoms with Gasteiger partial charge in [-0.25, -0.2) is 4.79 Å². The number of carboxylic acid groups (broad SMARTS) is 1. The van der Waals surface area contributed by atoms with E-state index in [0.29, 0.717) is 5.75 Å². The fourth-order valence-electron chi connectivity index (χ4n) is 1.80. The van der Waals surface area contributed by atoms with Gasteiger partial charge in [-0.15, -0.1) is 0 Å². The number of hydrogen-bond acceptors (Lipinski definition) is 6. The smallest absolute Gasteiger partial charge is 0.358 e. The van der Waals surface area contributed by atoms with Crippen LogP contribution in [0.25, 0.3) is 0 Å². The quantitative estimate of drug-likeness (QED) is 0.633. The van der Waals surface area contributed by atoms with Crippen LogP contribution >= 0.6 is 0 Å². The molecule has 0 aliphatic rings. The van der Waals surface area contributed by atoms with Crippen molar-refractivity contribution >= 4 is 21.8 Å². The Morgan fingerprint density at radius 2 is 1.62 bits per heavy atom. The van der Waals surface area contributed by atoms with Crippen molar-refractivity contribution in [1.82, 2.24) is 0 Å². The fraction of sp³-hybridized carbons (Fsp3) is 0.125. The van der Waals surface area contributed by atoms with Crippen LogP contribution in [0.2, 0.25) is 0 Å². The van der Waals surface area contributed by atoms with Crippen LogP contribution in [0, 0.1) is 6.92 Å². The molecule has 0 radical (unpaired) electrons. The van der Waals surface area contributed by atoms with Crippen LogP contribution in [0.1, 0.15) is 11.1 Å². The van der Waals surface area contributed by atoms with Crippen molar-refractivity contribution in [1.29, 1.82) is 0 Å². The van der Waals surface area contributed by atoms with Crippen LogP contribution in [0.3, 0.4) is 0 Å². The first-order valence-corrected chi connectivity index (χ1v) is 8.20. The molecule has 0 amide bonds. The molecule has 0 aromatic heterocycles. The van der Waals surface area contributed by atoms with E-state index in [2.05, 4.69) is 9.44 Å². The standard InChI is InChI=1S/C16H15NO6S/c1-11-3-9-14(10-4-11)24(20,21)23-17-15(16(18)19)12-5-7-13(22-2)8-6-12/h3-10H,1-2H3,(H,18,19)/b17-15+. The molecule has 126 valence electrons. The van der Waals surface area contributed by atoms with Gasteiger partial charge >= 0.3 is 16.1 Å². The molecular weight excluding hydrogens is 334 g/mol. The molecule has 1 N–H and O–H groups in total. The number of carboxylic acids is 1. The molecule has 0 bridgehead atoms. The Labute approximate surface area is 139 Å². The molecule has 2 aromatic carbocycles. The third-order valence-corrected chi connectivity index (χ3v) is 4.22. The molecule has 0 heterocycles. The van der Waals surface area contributed by atoms with E-state index in [-0.39, 0.29) is 10.5 Å². The lowest BCUT2D eigenvalue weighted by molar-refractivity contribution is -0.129. The maximum Gasteiger partial charge on any atom is 0.358 e. The zero-order valence-corrected chi connectivity index (χ0v) is 13.8. The molecule has 0 spiro atoms. The van der Waals surface area contributed by atoms with Crippen LogP contribution in [-0.2, 0) is 19.2 Å². The molecule has 7 nitrogen and oxygen atoms in total. The minimum atomic E-state index is -4.20. The molecule has 24 heavy (non-hydrogen) atoms. The fourth-order valence-corrected chi connectivity index (χ4v) is 2.53. The van der Waals surface area contributed by atoms with Crippen molar-refractivity contribution in [3.8, 4) is 5.75 Å². The second-order valence-electron chi connectivity index (χ2n) is 4.82. The summed E-state index contributed by atoms with van der Waals surface area (Å²) >= 11 is 0. The molecule has 0 saturated heterocycles. The topological polar surface area (TPSA) is 102 Å². The Morgan fingerprint density at radius 1 is 1.04 bits per heavy atom. The van der Waals surface area contributed by atoms with Crippen molar-refractivity contribution in [3.63, 3.8) is 0 Å². The average Bonchev–Trinajstić information content (AvgIpc) is 2.55. The number of oxime groups is 1. The number of methoxy groups -OCH3 is 1. The van der Waals surface area contributed by atoms with Crippen LogP contribution in [0.4, 0.5) is 0 Å². The molecule has 0 aliphatic carbocycles. The van der Waals surface area contributed by atoms with Crippen LogP contribution < -0.4 is 4.74 Å². The Hall–Kier alpha value is -2.87. The van der Waals surface area contributed by atoms with Crippen molar-refractivity contribution in [2.45, 2.75) is 11.8 Å². The highest BCUT2D eigenvalue weighted by atomic mass is 32.2. The first-order valence-electron chi connectivity index (χ1n) is 6.79. The molecule has 0 fully saturated rings. The van der Waals surface area contributed by atoms with Gasteiger partial charge in [-0.1, -0.05) is 22.9 Å². The van der Waals surface area contributed by atoms with E-state index >= 15 is 0 Å². The van der Waals surface area contributed by atoms with Crippen molar-refractivity contribution < 1.29 is 27.3 Å². The number of carbonyl (C=O) groups is 1. The predicted molar refractivity (Wildman–Crippen MR) is 86.6 cm³/mol. The van der Waals surface area contributed by atoms with Crippen LogP contribution in [0.5, 0.6) is 5.75 Å². The van der Waals surface area contributed by atoms with E-state index in [4.69, 9.17) is 4.74 Å². The number of ether oxygens (including phenoxy) is 1. The van der Waals surface area contributed by atoms with E-state index in [1.54, 1.807) is 12.1 Å². The second kappa shape index (κ2) is 7.14. The minimum absolute atomic E-state index is 0.115. The van der Waals surface area contributed by atoms with Gasteiger partial charge in [-0.3, -0.25) is 4.28 Å². The van der Waals surface area contributed by atoms with E-state index in [9.17, 15) is 18.3 Å². The Kier molecular flexibility index (Phi) is 5.20. The molecular formula is C16H15NO6S. The molecule has 0 aliphatic heterocycles. The van der Waals surface area contributed by atoms with Gasteiger partial charge in [0.15, 0.2) is 5.71 Å². The summed E-state index contributed by atoms with van der Waals surface area (Å²) in [5.74, 6) is -0.893. The van der Waals surface area contributed by atoms with E-state index in [1.807, 2.05) is 6.92 Å². The molecule has 2 aromatic rings. The largest absolute Gasteiger partial charge is 0.497 e. The van der Waals surface area contributed by atoms with Gasteiger partial charge in [0.25, 0.3) is 0 Å². The van der Waals surface area contributed by atoms with Crippen LogP contribution in [0.15, 0.2) is 58.6 Å². The Balaban J connectivity index is 2.30. The van der Waals surface area contributed by atoms with Crippen LogP contribution in [-0.4, -0.2) is 32.3 Å². The van der Waals surface area contributed by atoms with Gasteiger partial charge in [-0.2, -0.15) is 8.42 Å². The number of benzene rings is 2. The molecule has 8 heteroatoms.